The van der Waals surface area contributed by atoms with Crippen LogP contribution in [0.4, 0.5) is 5.69 Å². The minimum Gasteiger partial charge on any atom is -0.497 e. The Labute approximate surface area is 155 Å². The molecular weight excluding hydrogens is 322 g/mol. The van der Waals surface area contributed by atoms with Crippen molar-refractivity contribution in [3.05, 3.63) is 89.0 Å². The Hall–Kier alpha value is -2.94. The highest BCUT2D eigenvalue weighted by Crippen LogP contribution is 2.35. The van der Waals surface area contributed by atoms with Crippen LogP contribution in [0, 0.1) is 6.92 Å². The number of hydrogen-bond donors (Lipinski definition) is 1. The van der Waals surface area contributed by atoms with Crippen LogP contribution < -0.4 is 14.8 Å². The molecule has 0 aliphatic rings. The molecule has 1 N–H and O–H groups in total. The molecule has 0 amide bonds. The fourth-order valence-corrected chi connectivity index (χ4v) is 3.30. The van der Waals surface area contributed by atoms with Gasteiger partial charge in [0, 0.05) is 18.7 Å². The van der Waals surface area contributed by atoms with Gasteiger partial charge >= 0.3 is 0 Å². The SMILES string of the molecule is CNc1ccc(C(c2ccc(OC)cc2)c2ccc(OC)c(C)c2)cc1. The summed E-state index contributed by atoms with van der Waals surface area (Å²) in [6, 6.07) is 23.3. The summed E-state index contributed by atoms with van der Waals surface area (Å²) in [5, 5.41) is 3.18. The molecule has 0 aliphatic heterocycles. The van der Waals surface area contributed by atoms with E-state index in [1.165, 1.54) is 16.7 Å². The standard InChI is InChI=1S/C23H25NO2/c1-16-15-19(9-14-22(16)26-4)23(17-5-10-20(24-2)11-6-17)18-7-12-21(25-3)13-8-18/h5-15,23-24H,1-4H3. The number of ether oxygens (including phenoxy) is 2. The van der Waals surface area contributed by atoms with Crippen LogP contribution in [0.25, 0.3) is 0 Å². The Morgan fingerprint density at radius 1 is 0.731 bits per heavy atom. The summed E-state index contributed by atoms with van der Waals surface area (Å²) in [5.74, 6) is 1.92. The van der Waals surface area contributed by atoms with Crippen molar-refractivity contribution < 1.29 is 9.47 Å². The second-order valence-electron chi connectivity index (χ2n) is 6.31. The van der Waals surface area contributed by atoms with Crippen LogP contribution in [0.2, 0.25) is 0 Å². The monoisotopic (exact) mass is 347 g/mol. The second kappa shape index (κ2) is 7.96. The lowest BCUT2D eigenvalue weighted by Gasteiger charge is -2.21. The van der Waals surface area contributed by atoms with Crippen molar-refractivity contribution in [2.24, 2.45) is 0 Å². The lowest BCUT2D eigenvalue weighted by Crippen LogP contribution is -2.04. The number of methoxy groups -OCH3 is 2. The van der Waals surface area contributed by atoms with Gasteiger partial charge < -0.3 is 14.8 Å². The van der Waals surface area contributed by atoms with E-state index in [9.17, 15) is 0 Å². The molecule has 0 aliphatic carbocycles. The van der Waals surface area contributed by atoms with Gasteiger partial charge in [0.05, 0.1) is 14.2 Å². The lowest BCUT2D eigenvalue weighted by atomic mass is 9.84. The normalized spacial score (nSPS) is 11.7. The molecule has 0 spiro atoms. The molecular formula is C23H25NO2. The Bertz CT molecular complexity index is 807. The molecule has 3 aromatic carbocycles. The molecule has 1 unspecified atom stereocenters. The minimum absolute atomic E-state index is 0.149. The Morgan fingerprint density at radius 3 is 1.81 bits per heavy atom. The van der Waals surface area contributed by atoms with Crippen molar-refractivity contribution in [3.8, 4) is 11.5 Å². The minimum atomic E-state index is 0.149. The van der Waals surface area contributed by atoms with Crippen molar-refractivity contribution >= 4 is 5.69 Å². The van der Waals surface area contributed by atoms with Crippen molar-refractivity contribution in [3.63, 3.8) is 0 Å². The molecule has 3 rings (SSSR count). The summed E-state index contributed by atoms with van der Waals surface area (Å²) in [6.07, 6.45) is 0. The van der Waals surface area contributed by atoms with Gasteiger partial charge in [-0.2, -0.15) is 0 Å². The zero-order chi connectivity index (χ0) is 18.5. The number of aryl methyl sites for hydroxylation is 1. The number of nitrogens with one attached hydrogen (secondary N) is 1. The van der Waals surface area contributed by atoms with Crippen LogP contribution in [0.1, 0.15) is 28.2 Å². The van der Waals surface area contributed by atoms with Crippen LogP contribution in [-0.2, 0) is 0 Å². The summed E-state index contributed by atoms with van der Waals surface area (Å²) in [4.78, 5) is 0. The fraction of sp³-hybridized carbons (Fsp3) is 0.217. The van der Waals surface area contributed by atoms with Gasteiger partial charge in [0.2, 0.25) is 0 Å². The molecule has 3 nitrogen and oxygen atoms in total. The number of hydrogen-bond acceptors (Lipinski definition) is 3. The van der Waals surface area contributed by atoms with E-state index in [2.05, 4.69) is 60.8 Å². The van der Waals surface area contributed by atoms with Crippen LogP contribution in [-0.4, -0.2) is 21.3 Å². The molecule has 26 heavy (non-hydrogen) atoms. The third-order valence-electron chi connectivity index (χ3n) is 4.73. The first-order valence-corrected chi connectivity index (χ1v) is 8.72. The molecule has 0 fully saturated rings. The van der Waals surface area contributed by atoms with Crippen molar-refractivity contribution in [1.29, 1.82) is 0 Å². The molecule has 3 aromatic rings. The first kappa shape index (κ1) is 17.9. The third-order valence-corrected chi connectivity index (χ3v) is 4.73. The van der Waals surface area contributed by atoms with E-state index in [0.717, 1.165) is 22.7 Å². The third kappa shape index (κ3) is 3.67. The van der Waals surface area contributed by atoms with E-state index in [0.29, 0.717) is 0 Å². The van der Waals surface area contributed by atoms with E-state index < -0.39 is 0 Å². The average molecular weight is 347 g/mol. The molecule has 0 bridgehead atoms. The van der Waals surface area contributed by atoms with E-state index >= 15 is 0 Å². The highest BCUT2D eigenvalue weighted by molar-refractivity contribution is 5.51. The predicted molar refractivity (Wildman–Crippen MR) is 108 cm³/mol. The molecule has 134 valence electrons. The molecule has 0 saturated heterocycles. The highest BCUT2D eigenvalue weighted by atomic mass is 16.5. The van der Waals surface area contributed by atoms with Gasteiger partial charge in [-0.1, -0.05) is 36.4 Å². The number of rotatable bonds is 6. The van der Waals surface area contributed by atoms with Gasteiger partial charge in [-0.15, -0.1) is 0 Å². The Kier molecular flexibility index (Phi) is 5.47. The maximum Gasteiger partial charge on any atom is 0.121 e. The predicted octanol–water partition coefficient (Wildman–Crippen LogP) is 5.23. The van der Waals surface area contributed by atoms with E-state index in [1.54, 1.807) is 14.2 Å². The second-order valence-corrected chi connectivity index (χ2v) is 6.31. The van der Waals surface area contributed by atoms with Crippen molar-refractivity contribution in [2.45, 2.75) is 12.8 Å². The van der Waals surface area contributed by atoms with Gasteiger partial charge in [-0.3, -0.25) is 0 Å². The summed E-state index contributed by atoms with van der Waals surface area (Å²) in [6.45, 7) is 2.08. The topological polar surface area (TPSA) is 30.5 Å². The first-order valence-electron chi connectivity index (χ1n) is 8.72. The number of benzene rings is 3. The smallest absolute Gasteiger partial charge is 0.121 e. The summed E-state index contributed by atoms with van der Waals surface area (Å²) in [5.41, 5.74) is 5.96. The van der Waals surface area contributed by atoms with E-state index in [1.807, 2.05) is 25.2 Å². The van der Waals surface area contributed by atoms with Crippen molar-refractivity contribution in [1.82, 2.24) is 0 Å². The summed E-state index contributed by atoms with van der Waals surface area (Å²) in [7, 11) is 5.33. The van der Waals surface area contributed by atoms with Gasteiger partial charge in [-0.05, 0) is 59.5 Å². The fourth-order valence-electron chi connectivity index (χ4n) is 3.30. The van der Waals surface area contributed by atoms with Gasteiger partial charge in [0.25, 0.3) is 0 Å². The van der Waals surface area contributed by atoms with Crippen LogP contribution >= 0.6 is 0 Å². The van der Waals surface area contributed by atoms with Crippen LogP contribution in [0.3, 0.4) is 0 Å². The Balaban J connectivity index is 2.09. The molecule has 3 heteroatoms. The van der Waals surface area contributed by atoms with Gasteiger partial charge in [-0.25, -0.2) is 0 Å². The van der Waals surface area contributed by atoms with Crippen LogP contribution in [0.15, 0.2) is 66.7 Å². The molecule has 0 heterocycles. The molecule has 1 atom stereocenters. The van der Waals surface area contributed by atoms with E-state index in [4.69, 9.17) is 9.47 Å². The maximum atomic E-state index is 5.43. The quantitative estimate of drug-likeness (QED) is 0.619. The lowest BCUT2D eigenvalue weighted by molar-refractivity contribution is 0.411. The zero-order valence-electron chi connectivity index (χ0n) is 15.7. The molecule has 0 aromatic heterocycles. The van der Waals surface area contributed by atoms with Gasteiger partial charge in [0.1, 0.15) is 11.5 Å². The summed E-state index contributed by atoms with van der Waals surface area (Å²) < 4.78 is 10.7. The van der Waals surface area contributed by atoms with Gasteiger partial charge in [0.15, 0.2) is 0 Å². The zero-order valence-corrected chi connectivity index (χ0v) is 15.7. The summed E-state index contributed by atoms with van der Waals surface area (Å²) >= 11 is 0. The first-order chi connectivity index (χ1) is 12.7. The average Bonchev–Trinajstić information content (AvgIpc) is 2.69. The Morgan fingerprint density at radius 2 is 1.31 bits per heavy atom. The van der Waals surface area contributed by atoms with Crippen LogP contribution in [0.5, 0.6) is 11.5 Å². The molecule has 0 saturated carbocycles. The maximum absolute atomic E-state index is 5.43. The highest BCUT2D eigenvalue weighted by Gasteiger charge is 2.18. The van der Waals surface area contributed by atoms with Crippen molar-refractivity contribution in [2.75, 3.05) is 26.6 Å². The molecule has 0 radical (unpaired) electrons. The largest absolute Gasteiger partial charge is 0.497 e. The number of anilines is 1. The van der Waals surface area contributed by atoms with E-state index in [-0.39, 0.29) is 5.92 Å².